The number of aryl methyl sites for hydroxylation is 1. The molecule has 0 fully saturated rings. The Labute approximate surface area is 93.5 Å². The summed E-state index contributed by atoms with van der Waals surface area (Å²) in [5.41, 5.74) is 2.61. The van der Waals surface area contributed by atoms with Crippen molar-refractivity contribution in [2.24, 2.45) is 0 Å². The number of hydrogen-bond acceptors (Lipinski definition) is 1. The number of hydrogen-bond donors (Lipinski definition) is 0. The van der Waals surface area contributed by atoms with Crippen LogP contribution in [-0.2, 0) is 0 Å². The second-order valence-corrected chi connectivity index (χ2v) is 3.69. The molecule has 0 radical (unpaired) electrons. The third kappa shape index (κ3) is 1.87. The molecule has 0 atom stereocenters. The highest BCUT2D eigenvalue weighted by Crippen LogP contribution is 2.25. The van der Waals surface area contributed by atoms with Crippen LogP contribution in [0.25, 0.3) is 11.1 Å². The van der Waals surface area contributed by atoms with Gasteiger partial charge in [0.2, 0.25) is 0 Å². The fraction of sp³-hybridized carbons (Fsp3) is 0.0714. The lowest BCUT2D eigenvalue weighted by Gasteiger charge is -2.07. The standard InChI is InChI=1S/C14H11FO/c1-10-6-7-12(11(8-10)9-16)13-4-2-3-5-14(13)15/h2-9H,1H3. The van der Waals surface area contributed by atoms with Crippen LogP contribution < -0.4 is 0 Å². The molecule has 0 aliphatic heterocycles. The minimum Gasteiger partial charge on any atom is -0.298 e. The van der Waals surface area contributed by atoms with Gasteiger partial charge in [0.15, 0.2) is 6.29 Å². The summed E-state index contributed by atoms with van der Waals surface area (Å²) < 4.78 is 13.6. The van der Waals surface area contributed by atoms with Gasteiger partial charge in [-0.1, -0.05) is 35.9 Å². The molecule has 0 unspecified atom stereocenters. The molecule has 0 saturated heterocycles. The molecule has 0 spiro atoms. The molecule has 0 saturated carbocycles. The Hall–Kier alpha value is -1.96. The summed E-state index contributed by atoms with van der Waals surface area (Å²) in [5, 5.41) is 0. The van der Waals surface area contributed by atoms with Gasteiger partial charge in [0.1, 0.15) is 5.82 Å². The zero-order valence-corrected chi connectivity index (χ0v) is 8.91. The van der Waals surface area contributed by atoms with E-state index in [0.29, 0.717) is 16.7 Å². The molecule has 0 aliphatic carbocycles. The van der Waals surface area contributed by atoms with Crippen molar-refractivity contribution in [3.63, 3.8) is 0 Å². The highest BCUT2D eigenvalue weighted by atomic mass is 19.1. The van der Waals surface area contributed by atoms with E-state index in [0.717, 1.165) is 11.8 Å². The maximum atomic E-state index is 13.6. The Bertz CT molecular complexity index is 532. The maximum absolute atomic E-state index is 13.6. The van der Waals surface area contributed by atoms with E-state index in [-0.39, 0.29) is 5.82 Å². The predicted octanol–water partition coefficient (Wildman–Crippen LogP) is 3.61. The smallest absolute Gasteiger partial charge is 0.150 e. The number of aldehydes is 1. The maximum Gasteiger partial charge on any atom is 0.150 e. The lowest BCUT2D eigenvalue weighted by Crippen LogP contribution is -1.91. The largest absolute Gasteiger partial charge is 0.298 e. The van der Waals surface area contributed by atoms with Gasteiger partial charge in [-0.15, -0.1) is 0 Å². The predicted molar refractivity (Wildman–Crippen MR) is 62.0 cm³/mol. The van der Waals surface area contributed by atoms with Gasteiger partial charge in [0.25, 0.3) is 0 Å². The van der Waals surface area contributed by atoms with E-state index < -0.39 is 0 Å². The quantitative estimate of drug-likeness (QED) is 0.698. The first-order valence-electron chi connectivity index (χ1n) is 5.03. The van der Waals surface area contributed by atoms with E-state index in [9.17, 15) is 9.18 Å². The fourth-order valence-corrected chi connectivity index (χ4v) is 1.70. The molecule has 0 N–H and O–H groups in total. The van der Waals surface area contributed by atoms with Crippen LogP contribution in [0.2, 0.25) is 0 Å². The summed E-state index contributed by atoms with van der Waals surface area (Å²) in [7, 11) is 0. The van der Waals surface area contributed by atoms with Crippen molar-refractivity contribution in [2.75, 3.05) is 0 Å². The molecule has 2 aromatic carbocycles. The number of rotatable bonds is 2. The van der Waals surface area contributed by atoms with E-state index in [4.69, 9.17) is 0 Å². The van der Waals surface area contributed by atoms with Gasteiger partial charge in [-0.25, -0.2) is 4.39 Å². The number of benzene rings is 2. The Morgan fingerprint density at radius 1 is 1.06 bits per heavy atom. The second kappa shape index (κ2) is 4.27. The zero-order valence-electron chi connectivity index (χ0n) is 8.91. The lowest BCUT2D eigenvalue weighted by molar-refractivity contribution is 0.112. The zero-order chi connectivity index (χ0) is 11.5. The molecule has 2 heteroatoms. The molecule has 0 aliphatic rings. The monoisotopic (exact) mass is 214 g/mol. The van der Waals surface area contributed by atoms with Crippen LogP contribution in [0.5, 0.6) is 0 Å². The molecule has 16 heavy (non-hydrogen) atoms. The average Bonchev–Trinajstić information content (AvgIpc) is 2.30. The van der Waals surface area contributed by atoms with Crippen LogP contribution in [0.1, 0.15) is 15.9 Å². The van der Waals surface area contributed by atoms with Gasteiger partial charge in [-0.2, -0.15) is 0 Å². The van der Waals surface area contributed by atoms with Gasteiger partial charge in [-0.3, -0.25) is 4.79 Å². The molecule has 0 amide bonds. The molecule has 2 rings (SSSR count). The third-order valence-corrected chi connectivity index (χ3v) is 2.50. The minimum atomic E-state index is -0.311. The summed E-state index contributed by atoms with van der Waals surface area (Å²) in [5.74, 6) is -0.311. The Balaban J connectivity index is 2.65. The Morgan fingerprint density at radius 3 is 2.50 bits per heavy atom. The van der Waals surface area contributed by atoms with Crippen LogP contribution in [0, 0.1) is 12.7 Å². The normalized spacial score (nSPS) is 10.1. The van der Waals surface area contributed by atoms with Crippen molar-refractivity contribution >= 4 is 6.29 Å². The van der Waals surface area contributed by atoms with Crippen LogP contribution in [0.4, 0.5) is 4.39 Å². The number of carbonyl (C=O) groups is 1. The number of halogens is 1. The molecule has 1 nitrogen and oxygen atoms in total. The minimum absolute atomic E-state index is 0.311. The molecule has 0 bridgehead atoms. The third-order valence-electron chi connectivity index (χ3n) is 2.50. The first-order chi connectivity index (χ1) is 7.72. The van der Waals surface area contributed by atoms with Gasteiger partial charge >= 0.3 is 0 Å². The van der Waals surface area contributed by atoms with E-state index in [1.807, 2.05) is 13.0 Å². The van der Waals surface area contributed by atoms with Gasteiger partial charge in [0, 0.05) is 11.1 Å². The van der Waals surface area contributed by atoms with E-state index in [1.54, 1.807) is 30.3 Å². The second-order valence-electron chi connectivity index (χ2n) is 3.69. The van der Waals surface area contributed by atoms with E-state index in [2.05, 4.69) is 0 Å². The summed E-state index contributed by atoms with van der Waals surface area (Å²) in [6.07, 6.45) is 0.759. The van der Waals surface area contributed by atoms with Crippen molar-refractivity contribution in [3.8, 4) is 11.1 Å². The lowest BCUT2D eigenvalue weighted by atomic mass is 9.98. The first-order valence-corrected chi connectivity index (χ1v) is 5.03. The van der Waals surface area contributed by atoms with Gasteiger partial charge < -0.3 is 0 Å². The summed E-state index contributed by atoms with van der Waals surface area (Å²) in [6, 6.07) is 11.9. The van der Waals surface area contributed by atoms with Crippen molar-refractivity contribution in [1.29, 1.82) is 0 Å². The Morgan fingerprint density at radius 2 is 1.81 bits per heavy atom. The summed E-state index contributed by atoms with van der Waals surface area (Å²) in [6.45, 7) is 1.90. The van der Waals surface area contributed by atoms with Crippen molar-refractivity contribution < 1.29 is 9.18 Å². The molecular weight excluding hydrogens is 203 g/mol. The molecule has 0 aromatic heterocycles. The van der Waals surface area contributed by atoms with Crippen molar-refractivity contribution in [2.45, 2.75) is 6.92 Å². The molecule has 0 heterocycles. The van der Waals surface area contributed by atoms with Crippen molar-refractivity contribution in [1.82, 2.24) is 0 Å². The molecular formula is C14H11FO. The highest BCUT2D eigenvalue weighted by molar-refractivity contribution is 5.88. The van der Waals surface area contributed by atoms with Gasteiger partial charge in [0.05, 0.1) is 0 Å². The molecule has 2 aromatic rings. The molecule has 80 valence electrons. The van der Waals surface area contributed by atoms with Crippen LogP contribution >= 0.6 is 0 Å². The van der Waals surface area contributed by atoms with E-state index >= 15 is 0 Å². The topological polar surface area (TPSA) is 17.1 Å². The van der Waals surface area contributed by atoms with Crippen molar-refractivity contribution in [3.05, 3.63) is 59.4 Å². The van der Waals surface area contributed by atoms with Crippen LogP contribution in [-0.4, -0.2) is 6.29 Å². The number of carbonyl (C=O) groups excluding carboxylic acids is 1. The SMILES string of the molecule is Cc1ccc(-c2ccccc2F)c(C=O)c1. The van der Waals surface area contributed by atoms with Crippen LogP contribution in [0.15, 0.2) is 42.5 Å². The summed E-state index contributed by atoms with van der Waals surface area (Å²) >= 11 is 0. The fourth-order valence-electron chi connectivity index (χ4n) is 1.70. The first kappa shape index (κ1) is 10.6. The average molecular weight is 214 g/mol. The van der Waals surface area contributed by atoms with E-state index in [1.165, 1.54) is 6.07 Å². The van der Waals surface area contributed by atoms with Gasteiger partial charge in [-0.05, 0) is 24.6 Å². The summed E-state index contributed by atoms with van der Waals surface area (Å²) in [4.78, 5) is 10.9. The van der Waals surface area contributed by atoms with Crippen LogP contribution in [0.3, 0.4) is 0 Å². The highest BCUT2D eigenvalue weighted by Gasteiger charge is 2.08. The Kier molecular flexibility index (Phi) is 2.82.